The van der Waals surface area contributed by atoms with Gasteiger partial charge in [0.2, 0.25) is 5.91 Å². The van der Waals surface area contributed by atoms with Crippen molar-refractivity contribution in [2.24, 2.45) is 0 Å². The first-order chi connectivity index (χ1) is 8.94. The van der Waals surface area contributed by atoms with E-state index < -0.39 is 20.5 Å². The zero-order valence-electron chi connectivity index (χ0n) is 10.6. The average molecular weight is 302 g/mol. The maximum atomic E-state index is 12.8. The molecular weight excluding hydrogens is 286 g/mol. The summed E-state index contributed by atoms with van der Waals surface area (Å²) in [5, 5.41) is 2.96. The number of carbonyl (C=O) groups is 1. The highest BCUT2D eigenvalue weighted by atomic mass is 35.5. The molecule has 1 aromatic rings. The molecule has 19 heavy (non-hydrogen) atoms. The molecule has 0 aromatic heterocycles. The molecule has 1 aliphatic carbocycles. The molecule has 2 rings (SSSR count). The monoisotopic (exact) mass is 301 g/mol. The SMILES string of the molecule is CNC(=O)C1(S(=O)(=O)c2ccc(Cl)cc2)CCCC1. The molecule has 4 nitrogen and oxygen atoms in total. The van der Waals surface area contributed by atoms with Crippen LogP contribution in [0.25, 0.3) is 0 Å². The second-order valence-electron chi connectivity index (χ2n) is 4.74. The lowest BCUT2D eigenvalue weighted by molar-refractivity contribution is -0.123. The summed E-state index contributed by atoms with van der Waals surface area (Å²) in [5.41, 5.74) is 0. The predicted octanol–water partition coefficient (Wildman–Crippen LogP) is 2.17. The number of nitrogens with one attached hydrogen (secondary N) is 1. The van der Waals surface area contributed by atoms with Crippen molar-refractivity contribution in [3.05, 3.63) is 29.3 Å². The average Bonchev–Trinajstić information content (AvgIpc) is 2.89. The van der Waals surface area contributed by atoms with Crippen LogP contribution in [-0.4, -0.2) is 26.1 Å². The lowest BCUT2D eigenvalue weighted by Crippen LogP contribution is -2.49. The Morgan fingerprint density at radius 2 is 1.74 bits per heavy atom. The fraction of sp³-hybridized carbons (Fsp3) is 0.462. The van der Waals surface area contributed by atoms with Gasteiger partial charge in [0.15, 0.2) is 14.6 Å². The lowest BCUT2D eigenvalue weighted by Gasteiger charge is -2.26. The summed E-state index contributed by atoms with van der Waals surface area (Å²) in [7, 11) is -2.23. The van der Waals surface area contributed by atoms with Gasteiger partial charge in [0.05, 0.1) is 4.90 Å². The molecule has 1 amide bonds. The minimum absolute atomic E-state index is 0.155. The van der Waals surface area contributed by atoms with Crippen molar-refractivity contribution in [1.29, 1.82) is 0 Å². The van der Waals surface area contributed by atoms with Crippen molar-refractivity contribution in [3.63, 3.8) is 0 Å². The molecule has 1 N–H and O–H groups in total. The quantitative estimate of drug-likeness (QED) is 0.930. The van der Waals surface area contributed by atoms with E-state index in [9.17, 15) is 13.2 Å². The van der Waals surface area contributed by atoms with Gasteiger partial charge in [0.25, 0.3) is 0 Å². The van der Waals surface area contributed by atoms with Crippen molar-refractivity contribution in [3.8, 4) is 0 Å². The second-order valence-corrected chi connectivity index (χ2v) is 7.43. The molecule has 0 aliphatic heterocycles. The maximum Gasteiger partial charge on any atom is 0.241 e. The summed E-state index contributed by atoms with van der Waals surface area (Å²) < 4.78 is 24.2. The first kappa shape index (κ1) is 14.3. The largest absolute Gasteiger partial charge is 0.358 e. The zero-order chi connectivity index (χ0) is 14.1. The summed E-state index contributed by atoms with van der Waals surface area (Å²) in [6.45, 7) is 0. The van der Waals surface area contributed by atoms with E-state index in [1.54, 1.807) is 0 Å². The summed E-state index contributed by atoms with van der Waals surface area (Å²) in [5.74, 6) is -0.417. The number of carbonyl (C=O) groups excluding carboxylic acids is 1. The lowest BCUT2D eigenvalue weighted by atomic mass is 10.1. The van der Waals surface area contributed by atoms with E-state index in [1.807, 2.05) is 0 Å². The number of hydrogen-bond donors (Lipinski definition) is 1. The highest BCUT2D eigenvalue weighted by Crippen LogP contribution is 2.40. The van der Waals surface area contributed by atoms with Crippen LogP contribution in [0.15, 0.2) is 29.2 Å². The van der Waals surface area contributed by atoms with E-state index in [0.717, 1.165) is 12.8 Å². The van der Waals surface area contributed by atoms with Gasteiger partial charge >= 0.3 is 0 Å². The van der Waals surface area contributed by atoms with Gasteiger partial charge in [0.1, 0.15) is 0 Å². The minimum atomic E-state index is -3.70. The Hall–Kier alpha value is -1.07. The zero-order valence-corrected chi connectivity index (χ0v) is 12.2. The number of hydrogen-bond acceptors (Lipinski definition) is 3. The molecule has 0 saturated heterocycles. The van der Waals surface area contributed by atoms with E-state index in [4.69, 9.17) is 11.6 Å². The maximum absolute atomic E-state index is 12.8. The van der Waals surface area contributed by atoms with Crippen LogP contribution in [0.5, 0.6) is 0 Å². The molecule has 1 fully saturated rings. The van der Waals surface area contributed by atoms with Crippen molar-refractivity contribution >= 4 is 27.3 Å². The van der Waals surface area contributed by atoms with Crippen LogP contribution < -0.4 is 5.32 Å². The van der Waals surface area contributed by atoms with Crippen LogP contribution in [0.3, 0.4) is 0 Å². The highest BCUT2D eigenvalue weighted by molar-refractivity contribution is 7.93. The van der Waals surface area contributed by atoms with Crippen molar-refractivity contribution in [2.75, 3.05) is 7.05 Å². The second kappa shape index (κ2) is 5.13. The van der Waals surface area contributed by atoms with Gasteiger partial charge in [-0.3, -0.25) is 4.79 Å². The van der Waals surface area contributed by atoms with Crippen LogP contribution in [0.4, 0.5) is 0 Å². The Labute approximate surface area is 118 Å². The number of amides is 1. The van der Waals surface area contributed by atoms with E-state index >= 15 is 0 Å². The molecule has 1 saturated carbocycles. The normalized spacial score (nSPS) is 18.2. The van der Waals surface area contributed by atoms with Crippen LogP contribution in [-0.2, 0) is 14.6 Å². The third kappa shape index (κ3) is 2.25. The molecule has 0 heterocycles. The molecule has 1 aromatic carbocycles. The molecule has 1 aliphatic rings. The molecule has 0 spiro atoms. The molecule has 6 heteroatoms. The fourth-order valence-electron chi connectivity index (χ4n) is 2.63. The molecule has 0 bridgehead atoms. The Kier molecular flexibility index (Phi) is 3.87. The summed E-state index contributed by atoms with van der Waals surface area (Å²) in [4.78, 5) is 12.3. The molecule has 0 unspecified atom stereocenters. The van der Waals surface area contributed by atoms with Gasteiger partial charge in [0, 0.05) is 12.1 Å². The Morgan fingerprint density at radius 3 is 2.21 bits per heavy atom. The van der Waals surface area contributed by atoms with E-state index in [2.05, 4.69) is 5.32 Å². The van der Waals surface area contributed by atoms with Gasteiger partial charge in [-0.25, -0.2) is 8.42 Å². The number of benzene rings is 1. The number of sulfone groups is 1. The van der Waals surface area contributed by atoms with Gasteiger partial charge in [-0.1, -0.05) is 24.4 Å². The highest BCUT2D eigenvalue weighted by Gasteiger charge is 2.52. The van der Waals surface area contributed by atoms with Gasteiger partial charge in [-0.2, -0.15) is 0 Å². The minimum Gasteiger partial charge on any atom is -0.358 e. The Balaban J connectivity index is 2.52. The van der Waals surface area contributed by atoms with Crippen molar-refractivity contribution in [2.45, 2.75) is 35.3 Å². The smallest absolute Gasteiger partial charge is 0.241 e. The first-order valence-electron chi connectivity index (χ1n) is 6.16. The van der Waals surface area contributed by atoms with E-state index in [1.165, 1.54) is 31.3 Å². The van der Waals surface area contributed by atoms with Crippen LogP contribution in [0.1, 0.15) is 25.7 Å². The van der Waals surface area contributed by atoms with E-state index in [0.29, 0.717) is 17.9 Å². The standard InChI is InChI=1S/C13H16ClNO3S/c1-15-12(16)13(8-2-3-9-13)19(17,18)11-6-4-10(14)5-7-11/h4-7H,2-3,8-9H2,1H3,(H,15,16). The molecule has 0 radical (unpaired) electrons. The van der Waals surface area contributed by atoms with E-state index in [-0.39, 0.29) is 4.90 Å². The summed E-state index contributed by atoms with van der Waals surface area (Å²) >= 11 is 5.77. The third-order valence-corrected chi connectivity index (χ3v) is 6.46. The third-order valence-electron chi connectivity index (χ3n) is 3.69. The van der Waals surface area contributed by atoms with Crippen molar-refractivity contribution in [1.82, 2.24) is 5.32 Å². The topological polar surface area (TPSA) is 63.2 Å². The number of halogens is 1. The van der Waals surface area contributed by atoms with Gasteiger partial charge in [-0.05, 0) is 37.1 Å². The molecule has 104 valence electrons. The van der Waals surface area contributed by atoms with Crippen LogP contribution in [0.2, 0.25) is 5.02 Å². The fourth-order valence-corrected chi connectivity index (χ4v) is 4.87. The van der Waals surface area contributed by atoms with Crippen LogP contribution in [0, 0.1) is 0 Å². The van der Waals surface area contributed by atoms with Gasteiger partial charge in [-0.15, -0.1) is 0 Å². The Bertz CT molecular complexity index is 574. The summed E-state index contributed by atoms with van der Waals surface area (Å²) in [6, 6.07) is 5.98. The number of rotatable bonds is 3. The summed E-state index contributed by atoms with van der Waals surface area (Å²) in [6.07, 6.45) is 2.25. The Morgan fingerprint density at radius 1 is 1.21 bits per heavy atom. The van der Waals surface area contributed by atoms with Crippen LogP contribution >= 0.6 is 11.6 Å². The predicted molar refractivity (Wildman–Crippen MR) is 73.9 cm³/mol. The van der Waals surface area contributed by atoms with Crippen molar-refractivity contribution < 1.29 is 13.2 Å². The molecule has 0 atom stereocenters. The first-order valence-corrected chi connectivity index (χ1v) is 8.02. The molecular formula is C13H16ClNO3S. The van der Waals surface area contributed by atoms with Gasteiger partial charge < -0.3 is 5.32 Å².